The monoisotopic (exact) mass is 461 g/mol. The Kier molecular flexibility index (Phi) is 12.4. The number of aliphatic hydroxyl groups is 2. The van der Waals surface area contributed by atoms with Crippen molar-refractivity contribution in [1.82, 2.24) is 16.0 Å². The summed E-state index contributed by atoms with van der Waals surface area (Å²) in [6.07, 6.45) is -2.72. The van der Waals surface area contributed by atoms with E-state index >= 15 is 0 Å². The maximum Gasteiger partial charge on any atom is 0.326 e. The van der Waals surface area contributed by atoms with Gasteiger partial charge in [-0.15, -0.1) is 0 Å². The first-order valence-corrected chi connectivity index (χ1v) is 10.3. The van der Waals surface area contributed by atoms with Crippen LogP contribution >= 0.6 is 0 Å². The lowest BCUT2D eigenvalue weighted by molar-refractivity contribution is -0.144. The van der Waals surface area contributed by atoms with Crippen molar-refractivity contribution in [3.63, 3.8) is 0 Å². The summed E-state index contributed by atoms with van der Waals surface area (Å²) in [6.45, 7) is 5.84. The fraction of sp³-hybridized carbons (Fsp3) is 0.737. The summed E-state index contributed by atoms with van der Waals surface area (Å²) < 4.78 is 0. The Morgan fingerprint density at radius 1 is 0.844 bits per heavy atom. The molecule has 0 aliphatic heterocycles. The highest BCUT2D eigenvalue weighted by molar-refractivity contribution is 5.94. The number of rotatable bonds is 14. The fourth-order valence-electron chi connectivity index (χ4n) is 2.63. The van der Waals surface area contributed by atoms with E-state index in [4.69, 9.17) is 11.5 Å². The molecule has 0 aromatic carbocycles. The third-order valence-corrected chi connectivity index (χ3v) is 4.97. The van der Waals surface area contributed by atoms with E-state index in [0.29, 0.717) is 6.42 Å². The number of hydrogen-bond acceptors (Lipinski definition) is 8. The molecule has 0 spiro atoms. The average molecular weight is 462 g/mol. The van der Waals surface area contributed by atoms with E-state index in [1.807, 2.05) is 0 Å². The van der Waals surface area contributed by atoms with Crippen molar-refractivity contribution in [2.24, 2.45) is 17.4 Å². The Bertz CT molecular complexity index is 685. The molecule has 7 unspecified atom stereocenters. The smallest absolute Gasteiger partial charge is 0.326 e. The topological polar surface area (TPSA) is 234 Å². The van der Waals surface area contributed by atoms with Gasteiger partial charge >= 0.3 is 5.97 Å². The van der Waals surface area contributed by atoms with Crippen molar-refractivity contribution >= 4 is 29.6 Å². The number of aliphatic carboxylic acids is 1. The third kappa shape index (κ3) is 9.58. The van der Waals surface area contributed by atoms with Crippen molar-refractivity contribution in [3.05, 3.63) is 0 Å². The van der Waals surface area contributed by atoms with Gasteiger partial charge in [0.1, 0.15) is 24.2 Å². The van der Waals surface area contributed by atoms with Gasteiger partial charge < -0.3 is 42.7 Å². The molecule has 0 bridgehead atoms. The van der Waals surface area contributed by atoms with Crippen LogP contribution in [0.15, 0.2) is 0 Å². The lowest BCUT2D eigenvalue weighted by atomic mass is 9.98. The minimum Gasteiger partial charge on any atom is -0.480 e. The van der Waals surface area contributed by atoms with Crippen LogP contribution in [-0.4, -0.2) is 81.3 Å². The summed E-state index contributed by atoms with van der Waals surface area (Å²) in [6, 6.07) is -5.52. The molecule has 0 radical (unpaired) electrons. The summed E-state index contributed by atoms with van der Waals surface area (Å²) in [5.74, 6) is -5.21. The quantitative estimate of drug-likeness (QED) is 0.131. The van der Waals surface area contributed by atoms with E-state index in [2.05, 4.69) is 16.0 Å². The van der Waals surface area contributed by atoms with Gasteiger partial charge in [-0.05, 0) is 26.2 Å². The van der Waals surface area contributed by atoms with Crippen molar-refractivity contribution in [2.75, 3.05) is 0 Å². The molecule has 0 heterocycles. The summed E-state index contributed by atoms with van der Waals surface area (Å²) in [7, 11) is 0. The molecule has 0 saturated carbocycles. The van der Waals surface area contributed by atoms with Crippen molar-refractivity contribution in [2.45, 2.75) is 83.3 Å². The van der Waals surface area contributed by atoms with Gasteiger partial charge in [0.15, 0.2) is 0 Å². The van der Waals surface area contributed by atoms with E-state index in [1.54, 1.807) is 13.8 Å². The molecule has 0 saturated heterocycles. The number of primary amides is 1. The molecule has 0 rings (SSSR count). The zero-order valence-electron chi connectivity index (χ0n) is 18.7. The third-order valence-electron chi connectivity index (χ3n) is 4.97. The Balaban J connectivity index is 5.57. The lowest BCUT2D eigenvalue weighted by Crippen LogP contribution is -2.61. The summed E-state index contributed by atoms with van der Waals surface area (Å²) in [5, 5.41) is 35.5. The van der Waals surface area contributed by atoms with Crippen LogP contribution in [0.5, 0.6) is 0 Å². The van der Waals surface area contributed by atoms with Gasteiger partial charge in [-0.3, -0.25) is 19.2 Å². The van der Waals surface area contributed by atoms with E-state index in [1.165, 1.54) is 13.8 Å². The zero-order chi connectivity index (χ0) is 25.2. The van der Waals surface area contributed by atoms with Gasteiger partial charge in [-0.2, -0.15) is 0 Å². The van der Waals surface area contributed by atoms with Crippen LogP contribution in [0.25, 0.3) is 0 Å². The number of carboxylic acids is 1. The summed E-state index contributed by atoms with van der Waals surface area (Å²) in [4.78, 5) is 60.1. The number of hydrogen-bond donors (Lipinski definition) is 8. The van der Waals surface area contributed by atoms with Crippen molar-refractivity contribution in [3.8, 4) is 0 Å². The van der Waals surface area contributed by atoms with Gasteiger partial charge in [-0.1, -0.05) is 20.3 Å². The molecule has 4 amide bonds. The van der Waals surface area contributed by atoms with Crippen LogP contribution in [0.1, 0.15) is 47.0 Å². The minimum atomic E-state index is -1.54. The number of aliphatic hydroxyl groups excluding tert-OH is 2. The number of nitrogens with two attached hydrogens (primary N) is 2. The van der Waals surface area contributed by atoms with Crippen LogP contribution in [0.3, 0.4) is 0 Å². The Labute approximate surface area is 186 Å². The van der Waals surface area contributed by atoms with Gasteiger partial charge in [-0.25, -0.2) is 4.79 Å². The molecular formula is C19H35N5O8. The first-order chi connectivity index (χ1) is 14.7. The molecule has 13 nitrogen and oxygen atoms in total. The Morgan fingerprint density at radius 2 is 1.38 bits per heavy atom. The molecule has 0 aromatic heterocycles. The van der Waals surface area contributed by atoms with Gasteiger partial charge in [0.2, 0.25) is 23.6 Å². The van der Waals surface area contributed by atoms with E-state index in [9.17, 15) is 39.3 Å². The number of nitrogens with one attached hydrogen (secondary N) is 3. The molecule has 0 fully saturated rings. The molecular weight excluding hydrogens is 426 g/mol. The Hall–Kier alpha value is -2.77. The average Bonchev–Trinajstić information content (AvgIpc) is 2.70. The lowest BCUT2D eigenvalue weighted by Gasteiger charge is -2.27. The predicted molar refractivity (Wildman–Crippen MR) is 113 cm³/mol. The maximum atomic E-state index is 12.7. The standard InChI is InChI=1S/C19H35N5O8/c1-5-8(2)14(19(31)32)23-16(28)11(6-7-12(20)27)22-18(30)15(10(4)26)24-17(29)13(21)9(3)25/h8-11,13-15,25-26H,5-7,21H2,1-4H3,(H2,20,27)(H,22,30)(H,23,28)(H,24,29)(H,31,32). The number of carbonyl (C=O) groups excluding carboxylic acids is 4. The molecule has 10 N–H and O–H groups in total. The highest BCUT2D eigenvalue weighted by Gasteiger charge is 2.34. The normalized spacial score (nSPS) is 17.6. The van der Waals surface area contributed by atoms with Crippen LogP contribution in [-0.2, 0) is 24.0 Å². The molecule has 0 aromatic rings. The van der Waals surface area contributed by atoms with Crippen LogP contribution in [0, 0.1) is 5.92 Å². The molecule has 13 heteroatoms. The number of amides is 4. The molecule has 0 aliphatic rings. The van der Waals surface area contributed by atoms with E-state index in [0.717, 1.165) is 0 Å². The second-order valence-electron chi connectivity index (χ2n) is 7.77. The predicted octanol–water partition coefficient (Wildman–Crippen LogP) is -3.07. The van der Waals surface area contributed by atoms with Crippen LogP contribution in [0.2, 0.25) is 0 Å². The summed E-state index contributed by atoms with van der Waals surface area (Å²) >= 11 is 0. The highest BCUT2D eigenvalue weighted by atomic mass is 16.4. The van der Waals surface area contributed by atoms with Crippen LogP contribution in [0.4, 0.5) is 0 Å². The first-order valence-electron chi connectivity index (χ1n) is 10.3. The van der Waals surface area contributed by atoms with Crippen molar-refractivity contribution < 1.29 is 39.3 Å². The maximum absolute atomic E-state index is 12.7. The SMILES string of the molecule is CCC(C)C(NC(=O)C(CCC(N)=O)NC(=O)C(NC(=O)C(N)C(C)O)C(C)O)C(=O)O. The van der Waals surface area contributed by atoms with E-state index in [-0.39, 0.29) is 12.8 Å². The second kappa shape index (κ2) is 13.6. The van der Waals surface area contributed by atoms with Crippen molar-refractivity contribution in [1.29, 1.82) is 0 Å². The zero-order valence-corrected chi connectivity index (χ0v) is 18.7. The van der Waals surface area contributed by atoms with Gasteiger partial charge in [0, 0.05) is 6.42 Å². The molecule has 32 heavy (non-hydrogen) atoms. The molecule has 0 aliphatic carbocycles. The van der Waals surface area contributed by atoms with Gasteiger partial charge in [0.05, 0.1) is 12.2 Å². The van der Waals surface area contributed by atoms with Crippen LogP contribution < -0.4 is 27.4 Å². The molecule has 184 valence electrons. The minimum absolute atomic E-state index is 0.243. The first kappa shape index (κ1) is 29.2. The number of carboxylic acid groups (broad SMARTS) is 1. The van der Waals surface area contributed by atoms with Gasteiger partial charge in [0.25, 0.3) is 0 Å². The van der Waals surface area contributed by atoms with E-state index < -0.39 is 71.9 Å². The Morgan fingerprint density at radius 3 is 1.78 bits per heavy atom. The largest absolute Gasteiger partial charge is 0.480 e. The second-order valence-corrected chi connectivity index (χ2v) is 7.77. The molecule has 7 atom stereocenters. The fourth-order valence-corrected chi connectivity index (χ4v) is 2.63. The number of carbonyl (C=O) groups is 5. The highest BCUT2D eigenvalue weighted by Crippen LogP contribution is 2.09. The summed E-state index contributed by atoms with van der Waals surface area (Å²) in [5.41, 5.74) is 10.6.